The van der Waals surface area contributed by atoms with Crippen LogP contribution in [0.4, 0.5) is 33.3 Å². The molecule has 38 heavy (non-hydrogen) atoms. The molecule has 1 aromatic heterocycles. The van der Waals surface area contributed by atoms with E-state index < -0.39 is 55.0 Å². The highest BCUT2D eigenvalue weighted by molar-refractivity contribution is 7.18. The summed E-state index contributed by atoms with van der Waals surface area (Å²) in [6.45, 7) is -0.682. The summed E-state index contributed by atoms with van der Waals surface area (Å²) < 4.78 is 72.8. The Morgan fingerprint density at radius 1 is 1.24 bits per heavy atom. The molecule has 1 atom stereocenters. The van der Waals surface area contributed by atoms with E-state index in [1.54, 1.807) is 0 Å². The number of morpholine rings is 1. The standard InChI is InChI=1S/C23H24ClF5N4O4S/c1-2-32(12-23(27,28)29)16(10-30-22(36)17-5-6-18(24)38-17)21(35)31-15-4-3-13(9-14(15)20(25)26)33-7-8-37-11-19(33)34/h3-6,9,16,20H,2,7-8,10-12H2,1H3,(H,30,36)(H,31,35)/t16-/m0/s1. The van der Waals surface area contributed by atoms with Crippen molar-refractivity contribution >= 4 is 52.0 Å². The van der Waals surface area contributed by atoms with Crippen molar-refractivity contribution in [1.29, 1.82) is 0 Å². The summed E-state index contributed by atoms with van der Waals surface area (Å²) in [5, 5.41) is 4.69. The lowest BCUT2D eigenvalue weighted by atomic mass is 10.1. The molecule has 2 aromatic rings. The van der Waals surface area contributed by atoms with Crippen molar-refractivity contribution in [3.8, 4) is 0 Å². The SMILES string of the molecule is CCN(CC(F)(F)F)[C@@H](CNC(=O)c1ccc(Cl)s1)C(=O)Nc1ccc(N2CCOCC2=O)cc1C(F)F. The number of ether oxygens (including phenoxy) is 1. The van der Waals surface area contributed by atoms with Crippen molar-refractivity contribution in [2.24, 2.45) is 0 Å². The van der Waals surface area contributed by atoms with Crippen LogP contribution in [0.25, 0.3) is 0 Å². The van der Waals surface area contributed by atoms with Gasteiger partial charge in [0.1, 0.15) is 12.6 Å². The first-order chi connectivity index (χ1) is 17.9. The molecule has 1 aromatic carbocycles. The number of hydrogen-bond acceptors (Lipinski definition) is 6. The normalized spacial score (nSPS) is 15.2. The highest BCUT2D eigenvalue weighted by Crippen LogP contribution is 2.32. The van der Waals surface area contributed by atoms with E-state index >= 15 is 0 Å². The second-order valence-electron chi connectivity index (χ2n) is 8.17. The Hall–Kier alpha value is -2.81. The maximum atomic E-state index is 13.9. The monoisotopic (exact) mass is 582 g/mol. The maximum absolute atomic E-state index is 13.9. The van der Waals surface area contributed by atoms with E-state index in [1.807, 2.05) is 0 Å². The van der Waals surface area contributed by atoms with E-state index in [-0.39, 0.29) is 42.6 Å². The van der Waals surface area contributed by atoms with Gasteiger partial charge >= 0.3 is 6.18 Å². The Morgan fingerprint density at radius 2 is 1.97 bits per heavy atom. The second-order valence-corrected chi connectivity index (χ2v) is 9.88. The molecule has 0 saturated carbocycles. The van der Waals surface area contributed by atoms with Gasteiger partial charge in [-0.2, -0.15) is 13.2 Å². The molecule has 0 radical (unpaired) electrons. The topological polar surface area (TPSA) is 91.0 Å². The molecule has 0 spiro atoms. The Bertz CT molecular complexity index is 1160. The number of halogens is 6. The fourth-order valence-corrected chi connectivity index (χ4v) is 4.75. The van der Waals surface area contributed by atoms with Gasteiger partial charge in [0, 0.05) is 30.0 Å². The average Bonchev–Trinajstić information content (AvgIpc) is 3.29. The van der Waals surface area contributed by atoms with Gasteiger partial charge in [-0.05, 0) is 36.9 Å². The molecule has 0 bridgehead atoms. The van der Waals surface area contributed by atoms with Crippen LogP contribution < -0.4 is 15.5 Å². The van der Waals surface area contributed by atoms with E-state index in [0.29, 0.717) is 4.34 Å². The van der Waals surface area contributed by atoms with Crippen LogP contribution in [-0.2, 0) is 14.3 Å². The Labute approximate surface area is 223 Å². The quantitative estimate of drug-likeness (QED) is 0.407. The van der Waals surface area contributed by atoms with Crippen molar-refractivity contribution in [2.45, 2.75) is 25.6 Å². The Morgan fingerprint density at radius 3 is 2.55 bits per heavy atom. The number of rotatable bonds is 10. The number of carbonyl (C=O) groups is 3. The van der Waals surface area contributed by atoms with Gasteiger partial charge in [-0.15, -0.1) is 11.3 Å². The van der Waals surface area contributed by atoms with Crippen LogP contribution in [-0.4, -0.2) is 74.2 Å². The predicted molar refractivity (Wildman–Crippen MR) is 132 cm³/mol. The average molecular weight is 583 g/mol. The van der Waals surface area contributed by atoms with Crippen LogP contribution in [0.3, 0.4) is 0 Å². The minimum atomic E-state index is -4.67. The third-order valence-electron chi connectivity index (χ3n) is 5.61. The second kappa shape index (κ2) is 12.8. The lowest BCUT2D eigenvalue weighted by Crippen LogP contribution is -2.53. The fraction of sp³-hybridized carbons (Fsp3) is 0.435. The van der Waals surface area contributed by atoms with Crippen molar-refractivity contribution in [3.05, 3.63) is 45.1 Å². The first-order valence-corrected chi connectivity index (χ1v) is 12.5. The number of hydrogen-bond donors (Lipinski definition) is 2. The van der Waals surface area contributed by atoms with Crippen molar-refractivity contribution in [2.75, 3.05) is 49.6 Å². The van der Waals surface area contributed by atoms with Gasteiger partial charge in [-0.3, -0.25) is 19.3 Å². The van der Waals surface area contributed by atoms with E-state index in [1.165, 1.54) is 30.0 Å². The summed E-state index contributed by atoms with van der Waals surface area (Å²) in [7, 11) is 0. The van der Waals surface area contributed by atoms with Crippen LogP contribution in [0.1, 0.15) is 28.6 Å². The Balaban J connectivity index is 1.84. The fourth-order valence-electron chi connectivity index (χ4n) is 3.79. The lowest BCUT2D eigenvalue weighted by Gasteiger charge is -2.31. The van der Waals surface area contributed by atoms with Gasteiger partial charge in [-0.25, -0.2) is 8.78 Å². The molecular formula is C23H24ClF5N4O4S. The van der Waals surface area contributed by atoms with Crippen LogP contribution in [0.5, 0.6) is 0 Å². The van der Waals surface area contributed by atoms with E-state index in [2.05, 4.69) is 10.6 Å². The van der Waals surface area contributed by atoms with Gasteiger partial charge in [0.15, 0.2) is 0 Å². The highest BCUT2D eigenvalue weighted by Gasteiger charge is 2.36. The van der Waals surface area contributed by atoms with Gasteiger partial charge in [0.25, 0.3) is 18.2 Å². The van der Waals surface area contributed by atoms with Crippen LogP contribution in [0.15, 0.2) is 30.3 Å². The number of carbonyl (C=O) groups excluding carboxylic acids is 3. The molecule has 2 heterocycles. The Kier molecular flexibility index (Phi) is 10.0. The molecule has 3 rings (SSSR count). The predicted octanol–water partition coefficient (Wildman–Crippen LogP) is 4.32. The third-order valence-corrected chi connectivity index (χ3v) is 6.84. The largest absolute Gasteiger partial charge is 0.401 e. The molecule has 0 unspecified atom stereocenters. The molecule has 1 aliphatic rings. The van der Waals surface area contributed by atoms with Crippen LogP contribution in [0, 0.1) is 0 Å². The van der Waals surface area contributed by atoms with Gasteiger partial charge in [0.05, 0.1) is 22.4 Å². The molecule has 1 fully saturated rings. The smallest absolute Gasteiger partial charge is 0.370 e. The van der Waals surface area contributed by atoms with Crippen molar-refractivity contribution in [3.63, 3.8) is 0 Å². The van der Waals surface area contributed by atoms with Gasteiger partial charge in [-0.1, -0.05) is 18.5 Å². The summed E-state index contributed by atoms with van der Waals surface area (Å²) in [6, 6.07) is 4.87. The molecule has 0 aliphatic carbocycles. The number of benzene rings is 1. The zero-order chi connectivity index (χ0) is 28.0. The maximum Gasteiger partial charge on any atom is 0.401 e. The van der Waals surface area contributed by atoms with Gasteiger partial charge < -0.3 is 20.3 Å². The molecule has 1 saturated heterocycles. The lowest BCUT2D eigenvalue weighted by molar-refractivity contribution is -0.153. The van der Waals surface area contributed by atoms with Crippen LogP contribution >= 0.6 is 22.9 Å². The minimum Gasteiger partial charge on any atom is -0.370 e. The number of likely N-dealkylation sites (N-methyl/N-ethyl adjacent to an activating group) is 1. The molecule has 8 nitrogen and oxygen atoms in total. The molecule has 2 N–H and O–H groups in total. The summed E-state index contributed by atoms with van der Waals surface area (Å²) in [5.74, 6) is -2.12. The van der Waals surface area contributed by atoms with E-state index in [4.69, 9.17) is 16.3 Å². The first-order valence-electron chi connectivity index (χ1n) is 11.3. The number of nitrogens with one attached hydrogen (secondary N) is 2. The highest BCUT2D eigenvalue weighted by atomic mass is 35.5. The number of anilines is 2. The van der Waals surface area contributed by atoms with Crippen molar-refractivity contribution < 1.29 is 41.1 Å². The van der Waals surface area contributed by atoms with E-state index in [0.717, 1.165) is 28.4 Å². The minimum absolute atomic E-state index is 0.146. The summed E-state index contributed by atoms with van der Waals surface area (Å²) >= 11 is 6.76. The first kappa shape index (κ1) is 29.7. The number of alkyl halides is 5. The number of nitrogens with zero attached hydrogens (tertiary/aromatic N) is 2. The van der Waals surface area contributed by atoms with Crippen molar-refractivity contribution in [1.82, 2.24) is 10.2 Å². The zero-order valence-corrected chi connectivity index (χ0v) is 21.6. The summed E-state index contributed by atoms with van der Waals surface area (Å²) in [6.07, 6.45) is -7.74. The summed E-state index contributed by atoms with van der Waals surface area (Å²) in [4.78, 5) is 39.9. The van der Waals surface area contributed by atoms with Crippen LogP contribution in [0.2, 0.25) is 4.34 Å². The molecular weight excluding hydrogens is 559 g/mol. The number of amides is 3. The number of thiophene rings is 1. The molecule has 3 amide bonds. The molecule has 15 heteroatoms. The third kappa shape index (κ3) is 7.85. The summed E-state index contributed by atoms with van der Waals surface area (Å²) in [5.41, 5.74) is -0.791. The van der Waals surface area contributed by atoms with Gasteiger partial charge in [0.2, 0.25) is 5.91 Å². The van der Waals surface area contributed by atoms with E-state index in [9.17, 15) is 36.3 Å². The zero-order valence-electron chi connectivity index (χ0n) is 20.0. The molecule has 208 valence electrons. The molecule has 1 aliphatic heterocycles.